The van der Waals surface area contributed by atoms with Crippen molar-refractivity contribution in [3.63, 3.8) is 0 Å². The van der Waals surface area contributed by atoms with Crippen molar-refractivity contribution < 1.29 is 20.1 Å². The molecule has 5 heteroatoms. The van der Waals surface area contributed by atoms with Gasteiger partial charge in [-0.05, 0) is 32.1 Å². The molecular formula is C54H105NO4. The molecule has 0 saturated carbocycles. The Balaban J connectivity index is 3.52. The van der Waals surface area contributed by atoms with Gasteiger partial charge in [-0.2, -0.15) is 0 Å². The van der Waals surface area contributed by atoms with Crippen molar-refractivity contribution in [2.45, 2.75) is 308 Å². The van der Waals surface area contributed by atoms with E-state index in [1.54, 1.807) is 6.08 Å². The molecule has 0 spiro atoms. The Kier molecular flexibility index (Phi) is 48.5. The molecule has 0 aliphatic heterocycles. The quantitative estimate of drug-likeness (QED) is 0.0363. The summed E-state index contributed by atoms with van der Waals surface area (Å²) in [5, 5.41) is 33.2. The van der Waals surface area contributed by atoms with Crippen LogP contribution in [0.1, 0.15) is 290 Å². The van der Waals surface area contributed by atoms with Crippen LogP contribution in [0.2, 0.25) is 0 Å². The molecule has 3 unspecified atom stereocenters. The number of unbranched alkanes of at least 4 members (excludes halogenated alkanes) is 39. The molecule has 3 atom stereocenters. The Hall–Kier alpha value is -1.17. The number of amides is 1. The number of hydrogen-bond donors (Lipinski definition) is 4. The van der Waals surface area contributed by atoms with Crippen molar-refractivity contribution in [3.8, 4) is 0 Å². The van der Waals surface area contributed by atoms with E-state index in [-0.39, 0.29) is 6.61 Å². The Morgan fingerprint density at radius 1 is 0.407 bits per heavy atom. The maximum absolute atomic E-state index is 12.5. The predicted octanol–water partition coefficient (Wildman–Crippen LogP) is 16.1. The van der Waals surface area contributed by atoms with Crippen LogP contribution in [-0.4, -0.2) is 46.1 Å². The number of nitrogens with one attached hydrogen (secondary N) is 1. The molecule has 59 heavy (non-hydrogen) atoms. The maximum atomic E-state index is 12.5. The van der Waals surface area contributed by atoms with Crippen LogP contribution >= 0.6 is 0 Å². The van der Waals surface area contributed by atoms with E-state index < -0.39 is 24.2 Å². The minimum absolute atomic E-state index is 0.373. The third-order valence-corrected chi connectivity index (χ3v) is 12.5. The average molecular weight is 832 g/mol. The molecule has 0 rings (SSSR count). The normalized spacial score (nSPS) is 13.5. The molecule has 0 aromatic carbocycles. The highest BCUT2D eigenvalue weighted by Crippen LogP contribution is 2.17. The van der Waals surface area contributed by atoms with Gasteiger partial charge >= 0.3 is 0 Å². The molecule has 4 N–H and O–H groups in total. The SMILES string of the molecule is CCCCCCCCCCC/C=C/CC/C=C/C(O)C(CO)NC(=O)C(O)CCCCCCCCCCCCCCCCCCCCCCCCCCCCCCCC. The second-order valence-corrected chi connectivity index (χ2v) is 18.4. The summed E-state index contributed by atoms with van der Waals surface area (Å²) < 4.78 is 0. The van der Waals surface area contributed by atoms with E-state index in [2.05, 4.69) is 31.3 Å². The van der Waals surface area contributed by atoms with E-state index >= 15 is 0 Å². The lowest BCUT2D eigenvalue weighted by molar-refractivity contribution is -0.131. The van der Waals surface area contributed by atoms with Gasteiger partial charge in [0.1, 0.15) is 6.10 Å². The third-order valence-electron chi connectivity index (χ3n) is 12.5. The largest absolute Gasteiger partial charge is 0.394 e. The van der Waals surface area contributed by atoms with Gasteiger partial charge in [-0.3, -0.25) is 4.79 Å². The van der Waals surface area contributed by atoms with Crippen molar-refractivity contribution in [3.05, 3.63) is 24.3 Å². The minimum Gasteiger partial charge on any atom is -0.394 e. The van der Waals surface area contributed by atoms with E-state index in [1.165, 1.54) is 231 Å². The highest BCUT2D eigenvalue weighted by Gasteiger charge is 2.22. The Bertz CT molecular complexity index is 874. The fourth-order valence-electron chi connectivity index (χ4n) is 8.38. The van der Waals surface area contributed by atoms with Gasteiger partial charge in [-0.1, -0.05) is 282 Å². The molecule has 0 radical (unpaired) electrons. The van der Waals surface area contributed by atoms with Gasteiger partial charge in [0.2, 0.25) is 5.91 Å². The zero-order chi connectivity index (χ0) is 43.0. The summed E-state index contributed by atoms with van der Waals surface area (Å²) in [5.41, 5.74) is 0. The predicted molar refractivity (Wildman–Crippen MR) is 259 cm³/mol. The summed E-state index contributed by atoms with van der Waals surface area (Å²) in [4.78, 5) is 12.5. The molecule has 0 saturated heterocycles. The van der Waals surface area contributed by atoms with Gasteiger partial charge in [0.05, 0.1) is 18.8 Å². The lowest BCUT2D eigenvalue weighted by Gasteiger charge is -2.21. The van der Waals surface area contributed by atoms with Crippen LogP contribution < -0.4 is 5.32 Å². The molecule has 0 aliphatic rings. The van der Waals surface area contributed by atoms with Crippen molar-refractivity contribution >= 4 is 5.91 Å². The second kappa shape index (κ2) is 49.5. The lowest BCUT2D eigenvalue weighted by atomic mass is 10.0. The van der Waals surface area contributed by atoms with Crippen LogP contribution in [0, 0.1) is 0 Å². The van der Waals surface area contributed by atoms with Crippen LogP contribution in [0.25, 0.3) is 0 Å². The van der Waals surface area contributed by atoms with Crippen molar-refractivity contribution in [1.82, 2.24) is 5.32 Å². The zero-order valence-corrected chi connectivity index (χ0v) is 39.9. The fourth-order valence-corrected chi connectivity index (χ4v) is 8.38. The topological polar surface area (TPSA) is 89.8 Å². The van der Waals surface area contributed by atoms with Gasteiger partial charge in [0.15, 0.2) is 0 Å². The lowest BCUT2D eigenvalue weighted by Crippen LogP contribution is -2.48. The molecule has 0 heterocycles. The van der Waals surface area contributed by atoms with Crippen LogP contribution in [0.3, 0.4) is 0 Å². The molecule has 350 valence electrons. The summed E-state index contributed by atoms with van der Waals surface area (Å²) in [6.45, 7) is 4.19. The molecule has 0 aromatic heterocycles. The first kappa shape index (κ1) is 57.8. The summed E-state index contributed by atoms with van der Waals surface area (Å²) in [5.74, 6) is -0.508. The number of aliphatic hydroxyl groups excluding tert-OH is 3. The first-order valence-electron chi connectivity index (χ1n) is 26.7. The van der Waals surface area contributed by atoms with E-state index in [0.717, 1.165) is 38.5 Å². The summed E-state index contributed by atoms with van der Waals surface area (Å²) in [7, 11) is 0. The van der Waals surface area contributed by atoms with Crippen LogP contribution in [0.15, 0.2) is 24.3 Å². The van der Waals surface area contributed by atoms with Crippen LogP contribution in [-0.2, 0) is 4.79 Å². The maximum Gasteiger partial charge on any atom is 0.249 e. The van der Waals surface area contributed by atoms with Gasteiger partial charge in [0.25, 0.3) is 0 Å². The smallest absolute Gasteiger partial charge is 0.249 e. The zero-order valence-electron chi connectivity index (χ0n) is 39.9. The Morgan fingerprint density at radius 3 is 1.03 bits per heavy atom. The highest BCUT2D eigenvalue weighted by molar-refractivity contribution is 5.80. The summed E-state index contributed by atoms with van der Waals surface area (Å²) >= 11 is 0. The first-order valence-corrected chi connectivity index (χ1v) is 26.7. The number of carbonyl (C=O) groups excluding carboxylic acids is 1. The first-order chi connectivity index (χ1) is 29.1. The number of hydrogen-bond acceptors (Lipinski definition) is 4. The molecule has 5 nitrogen and oxygen atoms in total. The van der Waals surface area contributed by atoms with Gasteiger partial charge in [-0.25, -0.2) is 0 Å². The Morgan fingerprint density at radius 2 is 0.695 bits per heavy atom. The fraction of sp³-hybridized carbons (Fsp3) is 0.907. The minimum atomic E-state index is -1.10. The summed E-state index contributed by atoms with van der Waals surface area (Å²) in [6.07, 6.45) is 62.6. The van der Waals surface area contributed by atoms with E-state index in [0.29, 0.717) is 6.42 Å². The molecule has 0 bridgehead atoms. The third kappa shape index (κ3) is 44.7. The molecule has 0 fully saturated rings. The number of allylic oxidation sites excluding steroid dienone is 3. The highest BCUT2D eigenvalue weighted by atomic mass is 16.3. The molecule has 1 amide bonds. The van der Waals surface area contributed by atoms with Gasteiger partial charge in [-0.15, -0.1) is 0 Å². The Labute approximate surface area is 369 Å². The van der Waals surface area contributed by atoms with Gasteiger partial charge < -0.3 is 20.6 Å². The number of carbonyl (C=O) groups is 1. The van der Waals surface area contributed by atoms with Crippen LogP contribution in [0.5, 0.6) is 0 Å². The number of aliphatic hydroxyl groups is 3. The molecular weight excluding hydrogens is 727 g/mol. The number of rotatable bonds is 49. The molecule has 0 aliphatic carbocycles. The summed E-state index contributed by atoms with van der Waals surface area (Å²) in [6, 6.07) is -0.811. The van der Waals surface area contributed by atoms with E-state index in [4.69, 9.17) is 0 Å². The average Bonchev–Trinajstić information content (AvgIpc) is 3.24. The molecule has 0 aromatic rings. The second-order valence-electron chi connectivity index (χ2n) is 18.4. The van der Waals surface area contributed by atoms with Gasteiger partial charge in [0, 0.05) is 0 Å². The monoisotopic (exact) mass is 832 g/mol. The standard InChI is InChI=1S/C54H105NO4/c1-3-5-7-9-11-13-15-17-19-20-21-22-23-24-25-26-27-28-29-30-31-32-33-35-37-39-41-43-45-47-49-53(58)54(59)55-51(50-56)52(57)48-46-44-42-40-38-36-34-18-16-14-12-10-8-6-4-2/h38,40,46,48,51-53,56-58H,3-37,39,41-45,47,49-50H2,1-2H3,(H,55,59)/b40-38+,48-46+. The van der Waals surface area contributed by atoms with Crippen molar-refractivity contribution in [2.75, 3.05) is 6.61 Å². The van der Waals surface area contributed by atoms with Crippen molar-refractivity contribution in [1.29, 1.82) is 0 Å². The van der Waals surface area contributed by atoms with Crippen molar-refractivity contribution in [2.24, 2.45) is 0 Å². The van der Waals surface area contributed by atoms with E-state index in [9.17, 15) is 20.1 Å². The van der Waals surface area contributed by atoms with Crippen LogP contribution in [0.4, 0.5) is 0 Å². The van der Waals surface area contributed by atoms with E-state index in [1.807, 2.05) is 6.08 Å².